The van der Waals surface area contributed by atoms with Crippen molar-refractivity contribution in [1.82, 2.24) is 15.3 Å². The molecule has 2 N–H and O–H groups in total. The summed E-state index contributed by atoms with van der Waals surface area (Å²) in [5, 5.41) is 8.70. The lowest BCUT2D eigenvalue weighted by Gasteiger charge is -2.14. The maximum atomic E-state index is 12.1. The van der Waals surface area contributed by atoms with Gasteiger partial charge in [0.05, 0.1) is 11.7 Å². The van der Waals surface area contributed by atoms with Crippen LogP contribution in [0.25, 0.3) is 11.3 Å². The van der Waals surface area contributed by atoms with E-state index in [0.717, 1.165) is 16.8 Å². The first kappa shape index (κ1) is 16.4. The van der Waals surface area contributed by atoms with Gasteiger partial charge in [0.15, 0.2) is 5.13 Å². The summed E-state index contributed by atoms with van der Waals surface area (Å²) in [5.41, 5.74) is 2.71. The minimum atomic E-state index is -0.307. The van der Waals surface area contributed by atoms with Gasteiger partial charge in [-0.3, -0.25) is 10.3 Å². The third-order valence-corrected chi connectivity index (χ3v) is 4.39. The Morgan fingerprint density at radius 2 is 2.04 bits per heavy atom. The molecule has 2 heterocycles. The van der Waals surface area contributed by atoms with Crippen LogP contribution in [0.1, 0.15) is 18.5 Å². The number of thiazole rings is 1. The molecular formula is C17H15ClN4OS. The van der Waals surface area contributed by atoms with Crippen molar-refractivity contribution in [1.29, 1.82) is 0 Å². The summed E-state index contributed by atoms with van der Waals surface area (Å²) in [5.74, 6) is 0. The van der Waals surface area contributed by atoms with Crippen molar-refractivity contribution in [2.75, 3.05) is 5.32 Å². The molecule has 3 aromatic rings. The first-order valence-corrected chi connectivity index (χ1v) is 8.56. The van der Waals surface area contributed by atoms with Gasteiger partial charge in [0, 0.05) is 28.4 Å². The molecule has 2 aromatic heterocycles. The third-order valence-electron chi connectivity index (χ3n) is 3.40. The molecule has 0 saturated carbocycles. The number of nitrogens with one attached hydrogen (secondary N) is 2. The molecule has 1 aromatic carbocycles. The van der Waals surface area contributed by atoms with Crippen molar-refractivity contribution in [2.45, 2.75) is 13.0 Å². The van der Waals surface area contributed by atoms with Gasteiger partial charge in [0.1, 0.15) is 0 Å². The molecule has 3 rings (SSSR count). The largest absolute Gasteiger partial charge is 0.331 e. The van der Waals surface area contributed by atoms with Crippen LogP contribution in [0.3, 0.4) is 0 Å². The number of halogens is 1. The molecule has 0 spiro atoms. The molecule has 0 bridgehead atoms. The van der Waals surface area contributed by atoms with E-state index >= 15 is 0 Å². The number of rotatable bonds is 4. The summed E-state index contributed by atoms with van der Waals surface area (Å²) >= 11 is 7.35. The van der Waals surface area contributed by atoms with Gasteiger partial charge in [-0.05, 0) is 36.8 Å². The van der Waals surface area contributed by atoms with Gasteiger partial charge >= 0.3 is 6.03 Å². The van der Waals surface area contributed by atoms with Crippen molar-refractivity contribution in [3.8, 4) is 11.3 Å². The van der Waals surface area contributed by atoms with E-state index in [4.69, 9.17) is 11.6 Å². The minimum absolute atomic E-state index is 0.164. The maximum Gasteiger partial charge on any atom is 0.321 e. The fraction of sp³-hybridized carbons (Fsp3) is 0.118. The molecule has 0 aliphatic rings. The number of carbonyl (C=O) groups excluding carboxylic acids is 1. The molecule has 0 fully saturated rings. The standard InChI is InChI=1S/C17H15ClN4OS/c1-11(13-3-2-4-14(18)9-13)20-16(23)22-17-21-15(10-24-17)12-5-7-19-8-6-12/h2-11H,1H3,(H2,20,21,22,23)/t11-/m1/s1. The Labute approximate surface area is 148 Å². The van der Waals surface area contributed by atoms with Crippen LogP contribution in [0.4, 0.5) is 9.93 Å². The van der Waals surface area contributed by atoms with Gasteiger partial charge in [-0.1, -0.05) is 23.7 Å². The zero-order chi connectivity index (χ0) is 16.9. The number of amides is 2. The maximum absolute atomic E-state index is 12.1. The molecule has 1 atom stereocenters. The van der Waals surface area contributed by atoms with Crippen LogP contribution in [0.5, 0.6) is 0 Å². The van der Waals surface area contributed by atoms with Gasteiger partial charge in [0.2, 0.25) is 0 Å². The van der Waals surface area contributed by atoms with Crippen molar-refractivity contribution in [2.24, 2.45) is 0 Å². The van der Waals surface area contributed by atoms with Gasteiger partial charge in [-0.15, -0.1) is 11.3 Å². The highest BCUT2D eigenvalue weighted by atomic mass is 35.5. The first-order valence-electron chi connectivity index (χ1n) is 7.31. The van der Waals surface area contributed by atoms with E-state index < -0.39 is 0 Å². The molecule has 0 unspecified atom stereocenters. The average Bonchev–Trinajstić information content (AvgIpc) is 3.04. The SMILES string of the molecule is C[C@@H](NC(=O)Nc1nc(-c2ccncc2)cs1)c1cccc(Cl)c1. The summed E-state index contributed by atoms with van der Waals surface area (Å²) < 4.78 is 0. The zero-order valence-corrected chi connectivity index (χ0v) is 14.4. The Bertz CT molecular complexity index is 837. The second kappa shape index (κ2) is 7.42. The summed E-state index contributed by atoms with van der Waals surface area (Å²) in [6, 6.07) is 10.7. The lowest BCUT2D eigenvalue weighted by Crippen LogP contribution is -2.31. The smallest absolute Gasteiger partial charge is 0.321 e. The highest BCUT2D eigenvalue weighted by Crippen LogP contribution is 2.24. The van der Waals surface area contributed by atoms with Crippen molar-refractivity contribution >= 4 is 34.1 Å². The van der Waals surface area contributed by atoms with Crippen LogP contribution in [0, 0.1) is 0 Å². The average molecular weight is 359 g/mol. The molecule has 5 nitrogen and oxygen atoms in total. The quantitative estimate of drug-likeness (QED) is 0.707. The number of carbonyl (C=O) groups is 1. The Morgan fingerprint density at radius 1 is 1.25 bits per heavy atom. The highest BCUT2D eigenvalue weighted by Gasteiger charge is 2.12. The Hall–Kier alpha value is -2.44. The minimum Gasteiger partial charge on any atom is -0.331 e. The summed E-state index contributed by atoms with van der Waals surface area (Å²) in [4.78, 5) is 20.5. The van der Waals surface area contributed by atoms with Gasteiger partial charge in [-0.2, -0.15) is 0 Å². The van der Waals surface area contributed by atoms with E-state index in [-0.39, 0.29) is 12.1 Å². The third kappa shape index (κ3) is 4.10. The Balaban J connectivity index is 1.62. The lowest BCUT2D eigenvalue weighted by atomic mass is 10.1. The fourth-order valence-corrected chi connectivity index (χ4v) is 3.09. The predicted octanol–water partition coefficient (Wildman–Crippen LogP) is 4.74. The van der Waals surface area contributed by atoms with E-state index in [0.29, 0.717) is 10.2 Å². The summed E-state index contributed by atoms with van der Waals surface area (Å²) in [6.07, 6.45) is 3.42. The number of aromatic nitrogens is 2. The number of benzene rings is 1. The van der Waals surface area contributed by atoms with Crippen LogP contribution in [-0.2, 0) is 0 Å². The van der Waals surface area contributed by atoms with E-state index in [1.165, 1.54) is 11.3 Å². The first-order chi connectivity index (χ1) is 11.6. The monoisotopic (exact) mass is 358 g/mol. The lowest BCUT2D eigenvalue weighted by molar-refractivity contribution is 0.249. The van der Waals surface area contributed by atoms with Gasteiger partial charge in [-0.25, -0.2) is 9.78 Å². The van der Waals surface area contributed by atoms with Crippen LogP contribution < -0.4 is 10.6 Å². The molecule has 24 heavy (non-hydrogen) atoms. The van der Waals surface area contributed by atoms with E-state index in [1.807, 2.05) is 42.6 Å². The molecule has 2 amide bonds. The second-order valence-electron chi connectivity index (χ2n) is 5.15. The van der Waals surface area contributed by atoms with Crippen molar-refractivity contribution in [3.63, 3.8) is 0 Å². The number of hydrogen-bond acceptors (Lipinski definition) is 4. The second-order valence-corrected chi connectivity index (χ2v) is 6.44. The molecule has 0 aliphatic carbocycles. The molecule has 0 aliphatic heterocycles. The topological polar surface area (TPSA) is 66.9 Å². The van der Waals surface area contributed by atoms with Crippen LogP contribution >= 0.6 is 22.9 Å². The molecule has 7 heteroatoms. The number of hydrogen-bond donors (Lipinski definition) is 2. The molecular weight excluding hydrogens is 344 g/mol. The number of urea groups is 1. The van der Waals surface area contributed by atoms with Crippen LogP contribution in [0.15, 0.2) is 54.2 Å². The van der Waals surface area contributed by atoms with E-state index in [2.05, 4.69) is 20.6 Å². The van der Waals surface area contributed by atoms with Crippen molar-refractivity contribution in [3.05, 3.63) is 64.8 Å². The van der Waals surface area contributed by atoms with Crippen molar-refractivity contribution < 1.29 is 4.79 Å². The molecule has 0 saturated heterocycles. The molecule has 122 valence electrons. The molecule has 0 radical (unpaired) electrons. The van der Waals surface area contributed by atoms with E-state index in [9.17, 15) is 4.79 Å². The van der Waals surface area contributed by atoms with E-state index in [1.54, 1.807) is 18.5 Å². The zero-order valence-electron chi connectivity index (χ0n) is 12.9. The number of anilines is 1. The van der Waals surface area contributed by atoms with Crippen LogP contribution in [-0.4, -0.2) is 16.0 Å². The highest BCUT2D eigenvalue weighted by molar-refractivity contribution is 7.14. The summed E-state index contributed by atoms with van der Waals surface area (Å²) in [7, 11) is 0. The number of nitrogens with zero attached hydrogens (tertiary/aromatic N) is 2. The van der Waals surface area contributed by atoms with Crippen LogP contribution in [0.2, 0.25) is 5.02 Å². The Kier molecular flexibility index (Phi) is 5.08. The normalized spacial score (nSPS) is 11.8. The fourth-order valence-electron chi connectivity index (χ4n) is 2.18. The predicted molar refractivity (Wildman–Crippen MR) is 97.4 cm³/mol. The van der Waals surface area contributed by atoms with Gasteiger partial charge < -0.3 is 5.32 Å². The number of pyridine rings is 1. The van der Waals surface area contributed by atoms with Gasteiger partial charge in [0.25, 0.3) is 0 Å². The summed E-state index contributed by atoms with van der Waals surface area (Å²) in [6.45, 7) is 1.90. The Morgan fingerprint density at radius 3 is 2.79 bits per heavy atom.